The Morgan fingerprint density at radius 2 is 1.62 bits per heavy atom. The maximum Gasteiger partial charge on any atom is 0.145 e. The minimum Gasteiger partial charge on any atom is -0.420 e. The summed E-state index contributed by atoms with van der Waals surface area (Å²) in [7, 11) is 0. The Hall–Kier alpha value is -1.67. The second-order valence-electron chi connectivity index (χ2n) is 3.22. The quantitative estimate of drug-likeness (QED) is 0.716. The predicted molar refractivity (Wildman–Crippen MR) is 69.5 cm³/mol. The van der Waals surface area contributed by atoms with E-state index in [1.54, 1.807) is 6.08 Å². The maximum absolute atomic E-state index is 5.66. The van der Waals surface area contributed by atoms with E-state index < -0.39 is 0 Å². The van der Waals surface area contributed by atoms with Crippen LogP contribution in [-0.4, -0.2) is 0 Å². The monoisotopic (exact) mass is 228 g/mol. The number of para-hydroxylation sites is 1. The van der Waals surface area contributed by atoms with E-state index in [9.17, 15) is 0 Å². The molecule has 16 heavy (non-hydrogen) atoms. The van der Waals surface area contributed by atoms with Crippen molar-refractivity contribution in [2.24, 2.45) is 0 Å². The minimum absolute atomic E-state index is 0.839. The van der Waals surface area contributed by atoms with Gasteiger partial charge in [-0.2, -0.15) is 0 Å². The van der Waals surface area contributed by atoms with E-state index in [0.717, 1.165) is 16.2 Å². The lowest BCUT2D eigenvalue weighted by molar-refractivity contribution is 0.644. The molecule has 0 unspecified atom stereocenters. The van der Waals surface area contributed by atoms with Crippen molar-refractivity contribution in [3.63, 3.8) is 0 Å². The molecule has 2 aromatic carbocycles. The van der Waals surface area contributed by atoms with Gasteiger partial charge >= 0.3 is 0 Å². The van der Waals surface area contributed by atoms with Crippen LogP contribution in [-0.2, 0) is 0 Å². The van der Waals surface area contributed by atoms with Crippen molar-refractivity contribution in [2.45, 2.75) is 4.90 Å². The highest BCUT2D eigenvalue weighted by atomic mass is 32.2. The van der Waals surface area contributed by atoms with Crippen molar-refractivity contribution in [1.29, 1.82) is 0 Å². The standard InChI is InChI=1S/C14H12OS/c1-2-12-8-6-7-11-14(12)15-16-13-9-4-3-5-10-13/h2-11H,1H2. The van der Waals surface area contributed by atoms with Gasteiger partial charge in [0.1, 0.15) is 5.75 Å². The van der Waals surface area contributed by atoms with Crippen LogP contribution in [0.15, 0.2) is 66.1 Å². The molecule has 1 nitrogen and oxygen atoms in total. The Kier molecular flexibility index (Phi) is 3.67. The third-order valence-corrected chi connectivity index (χ3v) is 2.84. The second-order valence-corrected chi connectivity index (χ2v) is 4.03. The zero-order chi connectivity index (χ0) is 11.2. The molecule has 0 spiro atoms. The normalized spacial score (nSPS) is 9.75. The van der Waals surface area contributed by atoms with Crippen LogP contribution < -0.4 is 4.18 Å². The lowest BCUT2D eigenvalue weighted by atomic mass is 10.2. The number of hydrogen-bond acceptors (Lipinski definition) is 2. The first-order valence-electron chi connectivity index (χ1n) is 5.01. The van der Waals surface area contributed by atoms with E-state index in [0.29, 0.717) is 0 Å². The largest absolute Gasteiger partial charge is 0.420 e. The fourth-order valence-electron chi connectivity index (χ4n) is 1.29. The molecule has 80 valence electrons. The van der Waals surface area contributed by atoms with E-state index in [1.807, 2.05) is 54.6 Å². The summed E-state index contributed by atoms with van der Waals surface area (Å²) in [6, 6.07) is 17.8. The Morgan fingerprint density at radius 3 is 2.38 bits per heavy atom. The van der Waals surface area contributed by atoms with E-state index in [-0.39, 0.29) is 0 Å². The van der Waals surface area contributed by atoms with Crippen LogP contribution >= 0.6 is 12.0 Å². The molecular weight excluding hydrogens is 216 g/mol. The summed E-state index contributed by atoms with van der Waals surface area (Å²) in [5.41, 5.74) is 1.01. The van der Waals surface area contributed by atoms with Crippen molar-refractivity contribution in [1.82, 2.24) is 0 Å². The van der Waals surface area contributed by atoms with Gasteiger partial charge in [-0.05, 0) is 18.2 Å². The van der Waals surface area contributed by atoms with Crippen molar-refractivity contribution in [3.8, 4) is 5.75 Å². The molecule has 0 atom stereocenters. The first kappa shape index (κ1) is 10.8. The van der Waals surface area contributed by atoms with Crippen LogP contribution in [0.3, 0.4) is 0 Å². The lowest BCUT2D eigenvalue weighted by Gasteiger charge is -2.06. The highest BCUT2D eigenvalue weighted by molar-refractivity contribution is 7.95. The molecule has 0 aliphatic heterocycles. The summed E-state index contributed by atoms with van der Waals surface area (Å²) in [4.78, 5) is 1.08. The lowest BCUT2D eigenvalue weighted by Crippen LogP contribution is -1.84. The molecule has 0 fully saturated rings. The van der Waals surface area contributed by atoms with Gasteiger partial charge in [0, 0.05) is 10.5 Å². The number of rotatable bonds is 4. The van der Waals surface area contributed by atoms with Crippen LogP contribution in [0.5, 0.6) is 5.75 Å². The van der Waals surface area contributed by atoms with Crippen molar-refractivity contribution < 1.29 is 4.18 Å². The van der Waals surface area contributed by atoms with Gasteiger partial charge in [-0.15, -0.1) is 0 Å². The van der Waals surface area contributed by atoms with Gasteiger partial charge in [0.25, 0.3) is 0 Å². The second kappa shape index (κ2) is 5.42. The van der Waals surface area contributed by atoms with Crippen LogP contribution in [0, 0.1) is 0 Å². The summed E-state index contributed by atoms with van der Waals surface area (Å²) in [5.74, 6) is 0.839. The van der Waals surface area contributed by atoms with Crippen LogP contribution in [0.25, 0.3) is 6.08 Å². The molecule has 0 radical (unpaired) electrons. The van der Waals surface area contributed by atoms with Crippen LogP contribution in [0.4, 0.5) is 0 Å². The van der Waals surface area contributed by atoms with E-state index in [1.165, 1.54) is 12.0 Å². The summed E-state index contributed by atoms with van der Waals surface area (Å²) in [6.07, 6.45) is 1.79. The predicted octanol–water partition coefficient (Wildman–Crippen LogP) is 4.42. The Morgan fingerprint density at radius 1 is 0.938 bits per heavy atom. The SMILES string of the molecule is C=Cc1ccccc1OSc1ccccc1. The van der Waals surface area contributed by atoms with Gasteiger partial charge < -0.3 is 4.18 Å². The molecule has 0 saturated heterocycles. The third-order valence-electron chi connectivity index (χ3n) is 2.11. The number of benzene rings is 2. The Bertz CT molecular complexity index is 465. The average Bonchev–Trinajstić information content (AvgIpc) is 2.38. The van der Waals surface area contributed by atoms with Crippen LogP contribution in [0.1, 0.15) is 5.56 Å². The Labute approximate surface area is 100.0 Å². The molecule has 0 aliphatic rings. The van der Waals surface area contributed by atoms with Crippen LogP contribution in [0.2, 0.25) is 0 Å². The molecule has 2 aromatic rings. The van der Waals surface area contributed by atoms with Gasteiger partial charge in [-0.1, -0.05) is 49.1 Å². The molecule has 0 amide bonds. The fraction of sp³-hybridized carbons (Fsp3) is 0. The third kappa shape index (κ3) is 2.67. The summed E-state index contributed by atoms with van der Waals surface area (Å²) in [5, 5.41) is 0. The van der Waals surface area contributed by atoms with Gasteiger partial charge in [-0.3, -0.25) is 0 Å². The van der Waals surface area contributed by atoms with Crippen molar-refractivity contribution in [3.05, 3.63) is 66.7 Å². The summed E-state index contributed by atoms with van der Waals surface area (Å²) < 4.78 is 5.66. The molecule has 0 aliphatic carbocycles. The molecule has 0 heterocycles. The van der Waals surface area contributed by atoms with E-state index in [4.69, 9.17) is 4.18 Å². The molecule has 2 rings (SSSR count). The van der Waals surface area contributed by atoms with E-state index in [2.05, 4.69) is 6.58 Å². The fourth-order valence-corrected chi connectivity index (χ4v) is 1.90. The minimum atomic E-state index is 0.839. The zero-order valence-corrected chi connectivity index (χ0v) is 9.61. The molecule has 0 aromatic heterocycles. The molecular formula is C14H12OS. The molecule has 0 bridgehead atoms. The van der Waals surface area contributed by atoms with Crippen molar-refractivity contribution >= 4 is 18.1 Å². The maximum atomic E-state index is 5.66. The first-order chi connectivity index (χ1) is 7.90. The van der Waals surface area contributed by atoms with E-state index >= 15 is 0 Å². The molecule has 2 heteroatoms. The average molecular weight is 228 g/mol. The zero-order valence-electron chi connectivity index (χ0n) is 8.80. The Balaban J connectivity index is 2.08. The molecule has 0 saturated carbocycles. The highest BCUT2D eigenvalue weighted by Gasteiger charge is 2.00. The van der Waals surface area contributed by atoms with Gasteiger partial charge in [-0.25, -0.2) is 0 Å². The van der Waals surface area contributed by atoms with Gasteiger partial charge in [0.2, 0.25) is 0 Å². The topological polar surface area (TPSA) is 9.23 Å². The van der Waals surface area contributed by atoms with Gasteiger partial charge in [0.15, 0.2) is 0 Å². The smallest absolute Gasteiger partial charge is 0.145 e. The van der Waals surface area contributed by atoms with Gasteiger partial charge in [0.05, 0.1) is 12.0 Å². The summed E-state index contributed by atoms with van der Waals surface area (Å²) in [6.45, 7) is 3.76. The number of hydrogen-bond donors (Lipinski definition) is 0. The first-order valence-corrected chi connectivity index (χ1v) is 5.75. The van der Waals surface area contributed by atoms with Crippen molar-refractivity contribution in [2.75, 3.05) is 0 Å². The molecule has 0 N–H and O–H groups in total. The summed E-state index contributed by atoms with van der Waals surface area (Å²) >= 11 is 1.36. The highest BCUT2D eigenvalue weighted by Crippen LogP contribution is 2.26.